The van der Waals surface area contributed by atoms with Crippen LogP contribution in [0.3, 0.4) is 0 Å². The lowest BCUT2D eigenvalue weighted by molar-refractivity contribution is 0.185. The molecule has 0 fully saturated rings. The molecule has 2 rings (SSSR count). The maximum atomic E-state index is 9.69. The molecule has 0 saturated carbocycles. The molecule has 2 nitrogen and oxygen atoms in total. The molecule has 0 aliphatic rings. The van der Waals surface area contributed by atoms with Gasteiger partial charge in [0.25, 0.3) is 8.32 Å². The number of aliphatic hydroxyl groups is 1. The van der Waals surface area contributed by atoms with E-state index in [4.69, 9.17) is 4.43 Å². The van der Waals surface area contributed by atoms with Crippen molar-refractivity contribution in [2.24, 2.45) is 0 Å². The van der Waals surface area contributed by atoms with Crippen LogP contribution < -0.4 is 10.4 Å². The molecule has 0 aliphatic heterocycles. The van der Waals surface area contributed by atoms with E-state index in [0.29, 0.717) is 6.42 Å². The summed E-state index contributed by atoms with van der Waals surface area (Å²) in [5, 5.41) is 12.1. The Labute approximate surface area is 173 Å². The van der Waals surface area contributed by atoms with Gasteiger partial charge in [0.15, 0.2) is 0 Å². The Kier molecular flexibility index (Phi) is 7.47. The largest absolute Gasteiger partial charge is 0.396 e. The van der Waals surface area contributed by atoms with E-state index in [1.54, 1.807) is 0 Å². The lowest BCUT2D eigenvalue weighted by Crippen LogP contribution is -2.67. The Balaban J connectivity index is 2.67. The molecule has 0 saturated heterocycles. The van der Waals surface area contributed by atoms with Crippen LogP contribution in [-0.2, 0) is 4.43 Å². The van der Waals surface area contributed by atoms with Gasteiger partial charge in [-0.1, -0.05) is 107 Å². The molecule has 1 atom stereocenters. The molecule has 2 aromatic rings. The maximum Gasteiger partial charge on any atom is 0.262 e. The van der Waals surface area contributed by atoms with Gasteiger partial charge in [-0.3, -0.25) is 0 Å². The van der Waals surface area contributed by atoms with Crippen LogP contribution in [0.5, 0.6) is 0 Å². The van der Waals surface area contributed by atoms with Crippen LogP contribution in [0.25, 0.3) is 0 Å². The van der Waals surface area contributed by atoms with E-state index >= 15 is 0 Å². The van der Waals surface area contributed by atoms with Crippen LogP contribution in [0.1, 0.15) is 27.2 Å². The predicted molar refractivity (Wildman–Crippen MR) is 125 cm³/mol. The lowest BCUT2D eigenvalue weighted by Gasteiger charge is -2.44. The van der Waals surface area contributed by atoms with Gasteiger partial charge >= 0.3 is 0 Å². The standard InChI is InChI=1S/C24H34O2Si2/c1-24(2,3)28(22-13-9-7-10-14-22,23-15-11-8-12-16-23)26-21(17-19-25)18-20-27(4,5)6/h7-16,21,25H,17,19H2,1-6H3/t21-/m1/s1. The van der Waals surface area contributed by atoms with Crippen LogP contribution in [0.15, 0.2) is 60.7 Å². The van der Waals surface area contributed by atoms with Crippen molar-refractivity contribution in [3.63, 3.8) is 0 Å². The molecule has 150 valence electrons. The van der Waals surface area contributed by atoms with Gasteiger partial charge in [0.1, 0.15) is 14.2 Å². The Bertz CT molecular complexity index is 754. The molecule has 0 amide bonds. The fraction of sp³-hybridized carbons (Fsp3) is 0.417. The molecule has 0 aromatic heterocycles. The fourth-order valence-electron chi connectivity index (χ4n) is 3.48. The molecule has 28 heavy (non-hydrogen) atoms. The summed E-state index contributed by atoms with van der Waals surface area (Å²) in [5.41, 5.74) is 3.46. The first-order chi connectivity index (χ1) is 13.1. The van der Waals surface area contributed by atoms with Gasteiger partial charge in [0, 0.05) is 13.0 Å². The van der Waals surface area contributed by atoms with Gasteiger partial charge in [-0.15, -0.1) is 5.54 Å². The van der Waals surface area contributed by atoms with Crippen molar-refractivity contribution in [2.45, 2.75) is 58.0 Å². The minimum Gasteiger partial charge on any atom is -0.396 e. The first-order valence-corrected chi connectivity index (χ1v) is 15.4. The van der Waals surface area contributed by atoms with E-state index in [1.165, 1.54) is 10.4 Å². The first kappa shape index (κ1) is 22.6. The van der Waals surface area contributed by atoms with E-state index in [1.807, 2.05) is 12.1 Å². The highest BCUT2D eigenvalue weighted by Crippen LogP contribution is 2.37. The van der Waals surface area contributed by atoms with E-state index in [0.717, 1.165) is 0 Å². The Morgan fingerprint density at radius 3 is 1.71 bits per heavy atom. The molecule has 0 unspecified atom stereocenters. The van der Waals surface area contributed by atoms with E-state index in [-0.39, 0.29) is 17.7 Å². The van der Waals surface area contributed by atoms with Crippen LogP contribution in [0, 0.1) is 11.5 Å². The quantitative estimate of drug-likeness (QED) is 0.571. The summed E-state index contributed by atoms with van der Waals surface area (Å²) >= 11 is 0. The topological polar surface area (TPSA) is 29.5 Å². The van der Waals surface area contributed by atoms with Crippen molar-refractivity contribution in [2.75, 3.05) is 6.61 Å². The van der Waals surface area contributed by atoms with Crippen molar-refractivity contribution in [1.29, 1.82) is 0 Å². The Morgan fingerprint density at radius 2 is 1.36 bits per heavy atom. The maximum absolute atomic E-state index is 9.69. The van der Waals surface area contributed by atoms with Crippen LogP contribution in [0.4, 0.5) is 0 Å². The smallest absolute Gasteiger partial charge is 0.262 e. The molecule has 0 aliphatic carbocycles. The summed E-state index contributed by atoms with van der Waals surface area (Å²) in [6.07, 6.45) is 0.255. The van der Waals surface area contributed by atoms with Crippen LogP contribution in [-0.4, -0.2) is 34.2 Å². The molecule has 0 radical (unpaired) electrons. The predicted octanol–water partition coefficient (Wildman–Crippen LogP) is 4.19. The summed E-state index contributed by atoms with van der Waals surface area (Å²) in [6.45, 7) is 13.6. The third kappa shape index (κ3) is 5.45. The van der Waals surface area contributed by atoms with E-state index in [9.17, 15) is 5.11 Å². The van der Waals surface area contributed by atoms with Gasteiger partial charge < -0.3 is 9.53 Å². The molecule has 0 bridgehead atoms. The highest BCUT2D eigenvalue weighted by molar-refractivity contribution is 6.99. The normalized spacial score (nSPS) is 13.5. The zero-order valence-electron chi connectivity index (χ0n) is 18.1. The molecule has 0 heterocycles. The van der Waals surface area contributed by atoms with Crippen molar-refractivity contribution < 1.29 is 9.53 Å². The minimum absolute atomic E-state index is 0.0727. The summed E-state index contributed by atoms with van der Waals surface area (Å²) in [5.74, 6) is 3.39. The first-order valence-electron chi connectivity index (χ1n) is 10.0. The number of benzene rings is 2. The van der Waals surface area contributed by atoms with Gasteiger partial charge in [0.05, 0.1) is 0 Å². The molecular weight excluding hydrogens is 376 g/mol. The second-order valence-electron chi connectivity index (χ2n) is 9.30. The second kappa shape index (κ2) is 9.23. The summed E-state index contributed by atoms with van der Waals surface area (Å²) < 4.78 is 7.04. The third-order valence-corrected chi connectivity index (χ3v) is 10.7. The van der Waals surface area contributed by atoms with Crippen molar-refractivity contribution in [3.8, 4) is 11.5 Å². The average Bonchev–Trinajstić information content (AvgIpc) is 2.64. The molecule has 4 heteroatoms. The second-order valence-corrected chi connectivity index (χ2v) is 18.3. The summed E-state index contributed by atoms with van der Waals surface area (Å²) in [4.78, 5) is 0. The van der Waals surface area contributed by atoms with Crippen molar-refractivity contribution in [3.05, 3.63) is 60.7 Å². The minimum atomic E-state index is -2.64. The van der Waals surface area contributed by atoms with Gasteiger partial charge in [0.2, 0.25) is 0 Å². The molecular formula is C24H34O2Si2. The van der Waals surface area contributed by atoms with Crippen molar-refractivity contribution >= 4 is 26.8 Å². The monoisotopic (exact) mass is 410 g/mol. The zero-order valence-corrected chi connectivity index (χ0v) is 20.1. The highest BCUT2D eigenvalue weighted by atomic mass is 28.4. The highest BCUT2D eigenvalue weighted by Gasteiger charge is 2.51. The molecule has 0 spiro atoms. The van der Waals surface area contributed by atoms with Gasteiger partial charge in [-0.05, 0) is 15.4 Å². The summed E-state index contributed by atoms with van der Waals surface area (Å²) in [6, 6.07) is 21.2. The third-order valence-electron chi connectivity index (χ3n) is 4.74. The van der Waals surface area contributed by atoms with Crippen LogP contribution >= 0.6 is 0 Å². The SMILES string of the molecule is CC(C)(C)[Si](O[C@@H](C#C[Si](C)(C)C)CCO)(c1ccccc1)c1ccccc1. The van der Waals surface area contributed by atoms with Gasteiger partial charge in [-0.2, -0.15) is 0 Å². The number of hydrogen-bond donors (Lipinski definition) is 1. The number of rotatable bonds is 6. The Hall–Kier alpha value is -1.65. The van der Waals surface area contributed by atoms with Crippen molar-refractivity contribution in [1.82, 2.24) is 0 Å². The van der Waals surface area contributed by atoms with E-state index < -0.39 is 16.4 Å². The molecule has 2 aromatic carbocycles. The fourth-order valence-corrected chi connectivity index (χ4v) is 8.69. The van der Waals surface area contributed by atoms with Gasteiger partial charge in [-0.25, -0.2) is 0 Å². The van der Waals surface area contributed by atoms with Crippen LogP contribution in [0.2, 0.25) is 24.7 Å². The average molecular weight is 411 g/mol. The zero-order chi connectivity index (χ0) is 20.8. The Morgan fingerprint density at radius 1 is 0.893 bits per heavy atom. The number of aliphatic hydroxyl groups excluding tert-OH is 1. The molecule has 1 N–H and O–H groups in total. The van der Waals surface area contributed by atoms with E-state index in [2.05, 4.69) is 100 Å². The lowest BCUT2D eigenvalue weighted by atomic mass is 10.2. The summed E-state index contributed by atoms with van der Waals surface area (Å²) in [7, 11) is -4.18. The number of hydrogen-bond acceptors (Lipinski definition) is 2.